The van der Waals surface area contributed by atoms with Gasteiger partial charge in [0.05, 0.1) is 29.7 Å². The number of nitrogens with one attached hydrogen (secondary N) is 3. The Morgan fingerprint density at radius 3 is 2.64 bits per heavy atom. The smallest absolute Gasteiger partial charge is 0.323 e. The number of esters is 1. The molecule has 33 heavy (non-hydrogen) atoms. The number of hydrogen-bond donors (Lipinski definition) is 3. The monoisotopic (exact) mass is 449 g/mol. The number of rotatable bonds is 7. The van der Waals surface area contributed by atoms with E-state index in [0.717, 1.165) is 11.3 Å². The molecule has 0 spiro atoms. The van der Waals surface area contributed by atoms with Gasteiger partial charge in [-0.3, -0.25) is 14.4 Å². The number of H-pyrrole nitrogens is 2. The van der Waals surface area contributed by atoms with Crippen LogP contribution in [0.4, 0.5) is 5.69 Å². The highest BCUT2D eigenvalue weighted by Gasteiger charge is 2.23. The lowest BCUT2D eigenvalue weighted by molar-refractivity contribution is -0.154. The summed E-state index contributed by atoms with van der Waals surface area (Å²) >= 11 is 0. The standard InChI is InChI=1S/C23H23N5O5/c1-14(22(31)24-16-7-8-18-19(13-16)26-23(32)25-18)33-21(30)10-9-20(29)28-12-11-17(27-28)15-5-3-2-4-6-15/h2-8,13-14H,9-12H2,1H3,(H,24,31)(H2,25,26,32). The van der Waals surface area contributed by atoms with Gasteiger partial charge in [-0.25, -0.2) is 9.80 Å². The fourth-order valence-corrected chi connectivity index (χ4v) is 3.47. The first-order valence-corrected chi connectivity index (χ1v) is 10.5. The summed E-state index contributed by atoms with van der Waals surface area (Å²) in [7, 11) is 0. The molecule has 10 heteroatoms. The highest BCUT2D eigenvalue weighted by atomic mass is 16.5. The predicted molar refractivity (Wildman–Crippen MR) is 122 cm³/mol. The Hall–Kier alpha value is -4.21. The Balaban J connectivity index is 1.25. The summed E-state index contributed by atoms with van der Waals surface area (Å²) in [5.41, 5.74) is 3.05. The van der Waals surface area contributed by atoms with Crippen LogP contribution in [0.2, 0.25) is 0 Å². The fraction of sp³-hybridized carbons (Fsp3) is 0.261. The van der Waals surface area contributed by atoms with E-state index < -0.39 is 18.0 Å². The number of imidazole rings is 1. The van der Waals surface area contributed by atoms with Crippen molar-refractivity contribution < 1.29 is 19.1 Å². The van der Waals surface area contributed by atoms with Crippen molar-refractivity contribution in [3.8, 4) is 0 Å². The van der Waals surface area contributed by atoms with Crippen LogP contribution < -0.4 is 11.0 Å². The van der Waals surface area contributed by atoms with Gasteiger partial charge in [-0.05, 0) is 30.7 Å². The lowest BCUT2D eigenvalue weighted by atomic mass is 10.1. The highest BCUT2D eigenvalue weighted by Crippen LogP contribution is 2.16. The first-order valence-electron chi connectivity index (χ1n) is 10.5. The molecular formula is C23H23N5O5. The van der Waals surface area contributed by atoms with Gasteiger partial charge in [-0.15, -0.1) is 0 Å². The minimum absolute atomic E-state index is 0.0593. The molecule has 1 aliphatic heterocycles. The summed E-state index contributed by atoms with van der Waals surface area (Å²) in [6, 6.07) is 14.5. The van der Waals surface area contributed by atoms with E-state index in [2.05, 4.69) is 20.4 Å². The number of hydrazone groups is 1. The van der Waals surface area contributed by atoms with E-state index in [1.807, 2.05) is 30.3 Å². The van der Waals surface area contributed by atoms with Crippen molar-refractivity contribution in [1.29, 1.82) is 0 Å². The van der Waals surface area contributed by atoms with Crippen molar-refractivity contribution in [2.75, 3.05) is 11.9 Å². The first kappa shape index (κ1) is 22.0. The maximum atomic E-state index is 12.4. The molecule has 0 saturated carbocycles. The largest absolute Gasteiger partial charge is 0.453 e. The zero-order chi connectivity index (χ0) is 23.4. The van der Waals surface area contributed by atoms with E-state index >= 15 is 0 Å². The van der Waals surface area contributed by atoms with Crippen LogP contribution in [-0.2, 0) is 19.1 Å². The molecule has 10 nitrogen and oxygen atoms in total. The summed E-state index contributed by atoms with van der Waals surface area (Å²) in [6.07, 6.45) is -0.612. The molecule has 170 valence electrons. The predicted octanol–water partition coefficient (Wildman–Crippen LogP) is 2.14. The van der Waals surface area contributed by atoms with Gasteiger partial charge in [0.15, 0.2) is 6.10 Å². The second-order valence-corrected chi connectivity index (χ2v) is 7.64. The molecule has 1 aromatic heterocycles. The number of carbonyl (C=O) groups is 3. The van der Waals surface area contributed by atoms with Crippen LogP contribution in [-0.4, -0.2) is 51.1 Å². The van der Waals surface area contributed by atoms with E-state index in [-0.39, 0.29) is 24.4 Å². The third kappa shape index (κ3) is 5.35. The minimum Gasteiger partial charge on any atom is -0.453 e. The molecule has 4 rings (SSSR count). The summed E-state index contributed by atoms with van der Waals surface area (Å²) in [4.78, 5) is 53.4. The average Bonchev–Trinajstić information content (AvgIpc) is 3.44. The molecule has 1 atom stereocenters. The Morgan fingerprint density at radius 1 is 1.09 bits per heavy atom. The number of benzene rings is 2. The van der Waals surface area contributed by atoms with Crippen molar-refractivity contribution in [2.24, 2.45) is 5.10 Å². The van der Waals surface area contributed by atoms with E-state index in [0.29, 0.717) is 29.7 Å². The van der Waals surface area contributed by atoms with Crippen molar-refractivity contribution in [2.45, 2.75) is 32.3 Å². The molecule has 0 saturated heterocycles. The SMILES string of the molecule is CC(OC(=O)CCC(=O)N1CCC(c2ccccc2)=N1)C(=O)Nc1ccc2[nH]c(=O)[nH]c2c1. The van der Waals surface area contributed by atoms with Crippen LogP contribution in [0.25, 0.3) is 11.0 Å². The molecule has 1 aliphatic rings. The topological polar surface area (TPSA) is 137 Å². The molecule has 2 amide bonds. The summed E-state index contributed by atoms with van der Waals surface area (Å²) in [5.74, 6) is -1.45. The second-order valence-electron chi connectivity index (χ2n) is 7.64. The number of aromatic amines is 2. The number of nitrogens with zero attached hydrogens (tertiary/aromatic N) is 2. The van der Waals surface area contributed by atoms with Crippen molar-refractivity contribution in [3.05, 3.63) is 64.6 Å². The number of carbonyl (C=O) groups excluding carboxylic acids is 3. The van der Waals surface area contributed by atoms with Crippen LogP contribution in [0.5, 0.6) is 0 Å². The van der Waals surface area contributed by atoms with Crippen LogP contribution in [0, 0.1) is 0 Å². The highest BCUT2D eigenvalue weighted by molar-refractivity contribution is 6.02. The number of ether oxygens (including phenoxy) is 1. The quantitative estimate of drug-likeness (QED) is 0.475. The van der Waals surface area contributed by atoms with E-state index in [9.17, 15) is 19.2 Å². The lowest BCUT2D eigenvalue weighted by Gasteiger charge is -2.14. The van der Waals surface area contributed by atoms with E-state index in [1.54, 1.807) is 18.2 Å². The van der Waals surface area contributed by atoms with Gasteiger partial charge in [-0.2, -0.15) is 5.10 Å². The normalized spacial score (nSPS) is 14.1. The number of aromatic nitrogens is 2. The molecule has 3 N–H and O–H groups in total. The molecular weight excluding hydrogens is 426 g/mol. The molecule has 0 aliphatic carbocycles. The number of anilines is 1. The zero-order valence-electron chi connectivity index (χ0n) is 18.0. The van der Waals surface area contributed by atoms with E-state index in [4.69, 9.17) is 4.74 Å². The molecule has 0 fully saturated rings. The third-order valence-corrected chi connectivity index (χ3v) is 5.20. The average molecular weight is 449 g/mol. The molecule has 3 aromatic rings. The second kappa shape index (κ2) is 9.51. The maximum Gasteiger partial charge on any atom is 0.323 e. The van der Waals surface area contributed by atoms with Crippen LogP contribution in [0.15, 0.2) is 58.4 Å². The van der Waals surface area contributed by atoms with Crippen LogP contribution in [0.1, 0.15) is 31.7 Å². The van der Waals surface area contributed by atoms with Gasteiger partial charge in [-0.1, -0.05) is 30.3 Å². The number of fused-ring (bicyclic) bond motifs is 1. The molecule has 2 heterocycles. The summed E-state index contributed by atoms with van der Waals surface area (Å²) in [5, 5.41) is 8.36. The molecule has 2 aromatic carbocycles. The van der Waals surface area contributed by atoms with Crippen LogP contribution in [0.3, 0.4) is 0 Å². The van der Waals surface area contributed by atoms with Gasteiger partial charge in [0, 0.05) is 18.5 Å². The van der Waals surface area contributed by atoms with Gasteiger partial charge >= 0.3 is 11.7 Å². The lowest BCUT2D eigenvalue weighted by Crippen LogP contribution is -2.30. The van der Waals surface area contributed by atoms with Gasteiger partial charge in [0.1, 0.15) is 0 Å². The van der Waals surface area contributed by atoms with Crippen molar-refractivity contribution >= 4 is 40.2 Å². The Labute approximate surface area is 188 Å². The van der Waals surface area contributed by atoms with Gasteiger partial charge in [0.25, 0.3) is 5.91 Å². The Bertz CT molecular complexity index is 1280. The third-order valence-electron chi connectivity index (χ3n) is 5.20. The van der Waals surface area contributed by atoms with Gasteiger partial charge < -0.3 is 20.0 Å². The van der Waals surface area contributed by atoms with Crippen LogP contribution >= 0.6 is 0 Å². The molecule has 0 bridgehead atoms. The number of amides is 2. The fourth-order valence-electron chi connectivity index (χ4n) is 3.47. The number of hydrogen-bond acceptors (Lipinski definition) is 6. The first-order chi connectivity index (χ1) is 15.9. The van der Waals surface area contributed by atoms with Gasteiger partial charge in [0.2, 0.25) is 5.91 Å². The molecule has 0 radical (unpaired) electrons. The minimum atomic E-state index is -1.05. The summed E-state index contributed by atoms with van der Waals surface area (Å²) < 4.78 is 5.16. The Morgan fingerprint density at radius 2 is 1.85 bits per heavy atom. The zero-order valence-corrected chi connectivity index (χ0v) is 18.0. The van der Waals surface area contributed by atoms with E-state index in [1.165, 1.54) is 11.9 Å². The Kier molecular flexibility index (Phi) is 6.34. The van der Waals surface area contributed by atoms with Crippen molar-refractivity contribution in [1.82, 2.24) is 15.0 Å². The van der Waals surface area contributed by atoms with Crippen molar-refractivity contribution in [3.63, 3.8) is 0 Å². The maximum absolute atomic E-state index is 12.4. The molecule has 1 unspecified atom stereocenters. The summed E-state index contributed by atoms with van der Waals surface area (Å²) in [6.45, 7) is 1.91.